The first-order valence-electron chi connectivity index (χ1n) is 8.50. The lowest BCUT2D eigenvalue weighted by Crippen LogP contribution is -2.23. The lowest BCUT2D eigenvalue weighted by atomic mass is 9.94. The molecule has 1 aromatic heterocycles. The molecule has 2 aromatic rings. The Hall–Kier alpha value is -2.50. The van der Waals surface area contributed by atoms with Crippen LogP contribution in [0.25, 0.3) is 0 Å². The topological polar surface area (TPSA) is 76.2 Å². The maximum Gasteiger partial charge on any atom is 0.231 e. The Balaban J connectivity index is 1.29. The fourth-order valence-corrected chi connectivity index (χ4v) is 3.33. The first-order valence-corrected chi connectivity index (χ1v) is 8.50. The molecule has 126 valence electrons. The number of carbonyl (C=O) groups excluding carboxylic acids is 1. The first-order chi connectivity index (χ1) is 11.8. The minimum atomic E-state index is 0.0419. The number of ether oxygens (including phenoxy) is 2. The van der Waals surface area contributed by atoms with E-state index >= 15 is 0 Å². The predicted molar refractivity (Wildman–Crippen MR) is 88.0 cm³/mol. The number of amides is 1. The number of aryl methyl sites for hydroxylation is 2. The van der Waals surface area contributed by atoms with Gasteiger partial charge in [0.1, 0.15) is 0 Å². The Bertz CT molecular complexity index is 754. The summed E-state index contributed by atoms with van der Waals surface area (Å²) >= 11 is 0. The minimum Gasteiger partial charge on any atom is -0.454 e. The molecule has 2 aliphatic rings. The summed E-state index contributed by atoms with van der Waals surface area (Å²) in [7, 11) is 0. The van der Waals surface area contributed by atoms with Crippen LogP contribution < -0.4 is 14.8 Å². The van der Waals surface area contributed by atoms with E-state index in [1.807, 2.05) is 18.2 Å². The molecule has 0 fully saturated rings. The molecular formula is C18H21N3O3. The van der Waals surface area contributed by atoms with Gasteiger partial charge >= 0.3 is 0 Å². The molecule has 2 N–H and O–H groups in total. The zero-order valence-electron chi connectivity index (χ0n) is 13.6. The molecule has 1 aliphatic carbocycles. The van der Waals surface area contributed by atoms with Crippen molar-refractivity contribution in [3.8, 4) is 11.5 Å². The van der Waals surface area contributed by atoms with Crippen LogP contribution in [0, 0.1) is 0 Å². The van der Waals surface area contributed by atoms with Crippen molar-refractivity contribution >= 4 is 5.91 Å². The predicted octanol–water partition coefficient (Wildman–Crippen LogP) is 2.27. The van der Waals surface area contributed by atoms with E-state index in [0.717, 1.165) is 35.6 Å². The van der Waals surface area contributed by atoms with Crippen LogP contribution in [0.4, 0.5) is 0 Å². The number of aromatic nitrogens is 2. The minimum absolute atomic E-state index is 0.0419. The number of nitrogens with zero attached hydrogens (tertiary/aromatic N) is 1. The molecule has 0 radical (unpaired) electrons. The molecule has 24 heavy (non-hydrogen) atoms. The molecule has 0 bridgehead atoms. The molecule has 2 heterocycles. The SMILES string of the molecule is O=C(CCc1n[nH]c2c1CCCC2)NCc1ccc2c(c1)OCO2. The first kappa shape index (κ1) is 15.1. The van der Waals surface area contributed by atoms with Crippen LogP contribution in [-0.2, 0) is 30.6 Å². The zero-order valence-corrected chi connectivity index (χ0v) is 13.6. The molecule has 4 rings (SSSR count). The molecule has 0 atom stereocenters. The summed E-state index contributed by atoms with van der Waals surface area (Å²) in [5.74, 6) is 1.54. The maximum absolute atomic E-state index is 12.1. The van der Waals surface area contributed by atoms with Crippen molar-refractivity contribution in [1.82, 2.24) is 15.5 Å². The van der Waals surface area contributed by atoms with E-state index in [1.165, 1.54) is 24.1 Å². The van der Waals surface area contributed by atoms with E-state index in [-0.39, 0.29) is 12.7 Å². The third-order valence-electron chi connectivity index (χ3n) is 4.66. The number of carbonyl (C=O) groups is 1. The van der Waals surface area contributed by atoms with E-state index in [0.29, 0.717) is 19.4 Å². The van der Waals surface area contributed by atoms with Gasteiger partial charge in [0.25, 0.3) is 0 Å². The number of nitrogens with one attached hydrogen (secondary N) is 2. The number of H-pyrrole nitrogens is 1. The molecule has 0 saturated carbocycles. The second-order valence-corrected chi connectivity index (χ2v) is 6.30. The molecule has 0 saturated heterocycles. The highest BCUT2D eigenvalue weighted by Crippen LogP contribution is 2.32. The fourth-order valence-electron chi connectivity index (χ4n) is 3.33. The van der Waals surface area contributed by atoms with Gasteiger partial charge in [0, 0.05) is 25.1 Å². The molecule has 0 unspecified atom stereocenters. The van der Waals surface area contributed by atoms with Gasteiger partial charge in [0.15, 0.2) is 11.5 Å². The number of hydrogen-bond donors (Lipinski definition) is 2. The Morgan fingerprint density at radius 1 is 1.21 bits per heavy atom. The largest absolute Gasteiger partial charge is 0.454 e. The molecular weight excluding hydrogens is 306 g/mol. The van der Waals surface area contributed by atoms with Crippen LogP contribution in [0.1, 0.15) is 41.8 Å². The van der Waals surface area contributed by atoms with Crippen molar-refractivity contribution in [2.75, 3.05) is 6.79 Å². The van der Waals surface area contributed by atoms with Gasteiger partial charge in [-0.2, -0.15) is 5.10 Å². The Morgan fingerprint density at radius 2 is 2.08 bits per heavy atom. The molecule has 6 heteroatoms. The summed E-state index contributed by atoms with van der Waals surface area (Å²) in [6, 6.07) is 5.73. The van der Waals surface area contributed by atoms with Crippen molar-refractivity contribution in [3.63, 3.8) is 0 Å². The van der Waals surface area contributed by atoms with Crippen LogP contribution in [0.15, 0.2) is 18.2 Å². The summed E-state index contributed by atoms with van der Waals surface area (Å²) < 4.78 is 10.6. The molecule has 0 spiro atoms. The zero-order chi connectivity index (χ0) is 16.4. The summed E-state index contributed by atoms with van der Waals surface area (Å²) in [6.45, 7) is 0.757. The number of aromatic amines is 1. The van der Waals surface area contributed by atoms with E-state index in [4.69, 9.17) is 9.47 Å². The normalized spacial score (nSPS) is 15.2. The van der Waals surface area contributed by atoms with E-state index in [9.17, 15) is 4.79 Å². The van der Waals surface area contributed by atoms with E-state index in [1.54, 1.807) is 0 Å². The number of benzene rings is 1. The molecule has 1 amide bonds. The third-order valence-corrected chi connectivity index (χ3v) is 4.66. The number of hydrogen-bond acceptors (Lipinski definition) is 4. The molecule has 1 aliphatic heterocycles. The van der Waals surface area contributed by atoms with E-state index in [2.05, 4.69) is 15.5 Å². The summed E-state index contributed by atoms with van der Waals surface area (Å²) in [5, 5.41) is 10.5. The lowest BCUT2D eigenvalue weighted by Gasteiger charge is -2.11. The van der Waals surface area contributed by atoms with Crippen molar-refractivity contribution in [2.24, 2.45) is 0 Å². The summed E-state index contributed by atoms with van der Waals surface area (Å²) in [6.07, 6.45) is 5.76. The average molecular weight is 327 g/mol. The molecule has 6 nitrogen and oxygen atoms in total. The van der Waals surface area contributed by atoms with Crippen molar-refractivity contribution in [2.45, 2.75) is 45.1 Å². The average Bonchev–Trinajstić information content (AvgIpc) is 3.24. The van der Waals surface area contributed by atoms with Gasteiger partial charge in [0.05, 0.1) is 5.69 Å². The highest BCUT2D eigenvalue weighted by molar-refractivity contribution is 5.76. The van der Waals surface area contributed by atoms with Gasteiger partial charge in [-0.25, -0.2) is 0 Å². The van der Waals surface area contributed by atoms with Gasteiger partial charge in [0.2, 0.25) is 12.7 Å². The highest BCUT2D eigenvalue weighted by atomic mass is 16.7. The fraction of sp³-hybridized carbons (Fsp3) is 0.444. The van der Waals surface area contributed by atoms with Gasteiger partial charge in [-0.3, -0.25) is 9.89 Å². The lowest BCUT2D eigenvalue weighted by molar-refractivity contribution is -0.121. The Morgan fingerprint density at radius 3 is 3.04 bits per heavy atom. The monoisotopic (exact) mass is 327 g/mol. The smallest absolute Gasteiger partial charge is 0.231 e. The van der Waals surface area contributed by atoms with E-state index < -0.39 is 0 Å². The number of rotatable bonds is 5. The van der Waals surface area contributed by atoms with Gasteiger partial charge in [-0.1, -0.05) is 6.07 Å². The van der Waals surface area contributed by atoms with Crippen LogP contribution >= 0.6 is 0 Å². The van der Waals surface area contributed by atoms with Gasteiger partial charge in [-0.05, 0) is 48.9 Å². The Labute approximate surface area is 140 Å². The number of fused-ring (bicyclic) bond motifs is 2. The van der Waals surface area contributed by atoms with Gasteiger partial charge in [-0.15, -0.1) is 0 Å². The summed E-state index contributed by atoms with van der Waals surface area (Å²) in [4.78, 5) is 12.1. The van der Waals surface area contributed by atoms with Crippen LogP contribution in [0.2, 0.25) is 0 Å². The van der Waals surface area contributed by atoms with Crippen LogP contribution in [0.3, 0.4) is 0 Å². The van der Waals surface area contributed by atoms with Crippen LogP contribution in [-0.4, -0.2) is 22.9 Å². The summed E-state index contributed by atoms with van der Waals surface area (Å²) in [5.41, 5.74) is 4.66. The highest BCUT2D eigenvalue weighted by Gasteiger charge is 2.17. The van der Waals surface area contributed by atoms with Crippen LogP contribution in [0.5, 0.6) is 11.5 Å². The quantitative estimate of drug-likeness (QED) is 0.883. The second-order valence-electron chi connectivity index (χ2n) is 6.30. The third kappa shape index (κ3) is 3.09. The van der Waals surface area contributed by atoms with Gasteiger partial charge < -0.3 is 14.8 Å². The Kier molecular flexibility index (Phi) is 4.11. The van der Waals surface area contributed by atoms with Crippen molar-refractivity contribution in [1.29, 1.82) is 0 Å². The van der Waals surface area contributed by atoms with Crippen molar-refractivity contribution < 1.29 is 14.3 Å². The standard InChI is InChI=1S/C18H21N3O3/c22-18(8-6-15-13-3-1-2-4-14(13)20-21-15)19-10-12-5-7-16-17(9-12)24-11-23-16/h5,7,9H,1-4,6,8,10-11H2,(H,19,22)(H,20,21). The molecule has 1 aromatic carbocycles. The maximum atomic E-state index is 12.1. The van der Waals surface area contributed by atoms with Crippen molar-refractivity contribution in [3.05, 3.63) is 40.7 Å². The second kappa shape index (κ2) is 6.55.